The van der Waals surface area contributed by atoms with Gasteiger partial charge in [-0.05, 0) is 34.1 Å². The molecule has 0 saturated carbocycles. The van der Waals surface area contributed by atoms with Gasteiger partial charge in [0.25, 0.3) is 0 Å². The van der Waals surface area contributed by atoms with Crippen molar-refractivity contribution in [2.75, 3.05) is 6.61 Å². The van der Waals surface area contributed by atoms with E-state index in [0.717, 1.165) is 0 Å². The average Bonchev–Trinajstić information content (AvgIpc) is 2.21. The van der Waals surface area contributed by atoms with Crippen molar-refractivity contribution < 1.29 is 9.84 Å². The van der Waals surface area contributed by atoms with Crippen LogP contribution in [-0.2, 0) is 4.74 Å². The number of rotatable bonds is 10. The molecule has 2 nitrogen and oxygen atoms in total. The molecule has 18 heavy (non-hydrogen) atoms. The average molecular weight is 252 g/mol. The first kappa shape index (κ1) is 18.0. The minimum absolute atomic E-state index is 0.244. The van der Waals surface area contributed by atoms with E-state index in [1.54, 1.807) is 0 Å². The van der Waals surface area contributed by atoms with Crippen molar-refractivity contribution in [3.05, 3.63) is 0 Å². The highest BCUT2D eigenvalue weighted by Crippen LogP contribution is 2.16. The van der Waals surface area contributed by atoms with Crippen LogP contribution in [0.5, 0.6) is 0 Å². The van der Waals surface area contributed by atoms with E-state index in [1.165, 1.54) is 19.3 Å². The van der Waals surface area contributed by atoms with E-state index >= 15 is 0 Å². The minimum Gasteiger partial charge on any atom is -0.390 e. The van der Waals surface area contributed by atoms with Gasteiger partial charge in [0.15, 0.2) is 0 Å². The third-order valence-electron chi connectivity index (χ3n) is 3.03. The van der Waals surface area contributed by atoms with Crippen LogP contribution < -0.4 is 0 Å². The first-order chi connectivity index (χ1) is 8.16. The fourth-order valence-corrected chi connectivity index (χ4v) is 1.63. The van der Waals surface area contributed by atoms with Gasteiger partial charge in [-0.3, -0.25) is 0 Å². The van der Waals surface area contributed by atoms with Crippen LogP contribution in [0.3, 0.4) is 0 Å². The molecule has 0 aromatic heterocycles. The Labute approximate surface area is 115 Å². The Bertz CT molecular complexity index is 212. The van der Waals surface area contributed by atoms with Gasteiger partial charge in [-0.1, -0.05) is 38.9 Å². The lowest BCUT2D eigenvalue weighted by atomic mass is 9.28. The molecule has 104 valence electrons. The Balaban J connectivity index is 3.79. The largest absolute Gasteiger partial charge is 0.390 e. The molecule has 0 spiro atoms. The van der Waals surface area contributed by atoms with E-state index in [-0.39, 0.29) is 5.50 Å². The van der Waals surface area contributed by atoms with E-state index in [4.69, 9.17) is 4.74 Å². The first-order valence-corrected chi connectivity index (χ1v) is 7.22. The molecule has 0 rings (SSSR count). The molecule has 2 radical (unpaired) electrons. The highest BCUT2D eigenvalue weighted by molar-refractivity contribution is 7.02. The Morgan fingerprint density at radius 3 is 2.33 bits per heavy atom. The fourth-order valence-electron chi connectivity index (χ4n) is 1.63. The predicted octanol–water partition coefficient (Wildman–Crippen LogP) is 3.22. The van der Waals surface area contributed by atoms with Gasteiger partial charge in [0.05, 0.1) is 12.8 Å². The summed E-state index contributed by atoms with van der Waals surface area (Å²) >= 11 is 0. The van der Waals surface area contributed by atoms with Gasteiger partial charge >= 0.3 is 0 Å². The van der Waals surface area contributed by atoms with E-state index < -0.39 is 5.60 Å². The number of hydrogen-bond donors (Lipinski definition) is 1. The van der Waals surface area contributed by atoms with Crippen LogP contribution in [0.1, 0.15) is 67.2 Å². The Kier molecular flexibility index (Phi) is 8.29. The van der Waals surface area contributed by atoms with Crippen molar-refractivity contribution in [1.82, 2.24) is 0 Å². The van der Waals surface area contributed by atoms with Crippen molar-refractivity contribution in [1.29, 1.82) is 0 Å². The van der Waals surface area contributed by atoms with Crippen LogP contribution in [0.2, 0.25) is 5.82 Å². The second-order valence-electron chi connectivity index (χ2n) is 6.49. The summed E-state index contributed by atoms with van der Waals surface area (Å²) in [6.45, 7) is 12.8. The third-order valence-corrected chi connectivity index (χ3v) is 3.03. The molecule has 0 aliphatic rings. The summed E-state index contributed by atoms with van der Waals surface area (Å²) in [5.41, 5.74) is -0.889. The molecule has 0 fully saturated rings. The standard InChI is InChI=1S/C14H30B2O2/c1-7-8-9-12(2)15-16-14(5,6)18-11-10-13(3,4)17/h12,17H,7-11H2,1-6H3. The number of unbranched alkanes of at least 4 members (excludes halogenated alkanes) is 1. The van der Waals surface area contributed by atoms with Gasteiger partial charge in [-0.25, -0.2) is 0 Å². The van der Waals surface area contributed by atoms with Crippen molar-refractivity contribution in [2.24, 2.45) is 0 Å². The molecular weight excluding hydrogens is 222 g/mol. The molecule has 0 aliphatic carbocycles. The second kappa shape index (κ2) is 8.27. The molecule has 0 aliphatic heterocycles. The maximum absolute atomic E-state index is 9.63. The topological polar surface area (TPSA) is 29.5 Å². The first-order valence-electron chi connectivity index (χ1n) is 7.22. The van der Waals surface area contributed by atoms with Gasteiger partial charge in [-0.15, -0.1) is 0 Å². The highest BCUT2D eigenvalue weighted by Gasteiger charge is 2.22. The molecule has 0 saturated heterocycles. The zero-order valence-electron chi connectivity index (χ0n) is 13.1. The molecule has 0 bridgehead atoms. The molecule has 0 amide bonds. The van der Waals surface area contributed by atoms with Gasteiger partial charge in [0, 0.05) is 12.1 Å². The zero-order chi connectivity index (χ0) is 14.2. The van der Waals surface area contributed by atoms with Crippen LogP contribution in [0, 0.1) is 0 Å². The molecule has 0 aromatic carbocycles. The molecular formula is C14H30B2O2. The Hall–Kier alpha value is 0.0499. The minimum atomic E-state index is -0.645. The molecule has 0 heterocycles. The van der Waals surface area contributed by atoms with E-state index in [1.807, 2.05) is 13.8 Å². The summed E-state index contributed by atoms with van der Waals surface area (Å²) in [5, 5.41) is 9.63. The third kappa shape index (κ3) is 11.2. The van der Waals surface area contributed by atoms with Crippen LogP contribution in [0.25, 0.3) is 0 Å². The lowest BCUT2D eigenvalue weighted by Crippen LogP contribution is -2.38. The zero-order valence-corrected chi connectivity index (χ0v) is 13.1. The van der Waals surface area contributed by atoms with E-state index in [0.29, 0.717) is 18.8 Å². The molecule has 0 aromatic rings. The van der Waals surface area contributed by atoms with Crippen LogP contribution in [0.4, 0.5) is 0 Å². The highest BCUT2D eigenvalue weighted by atomic mass is 16.5. The Morgan fingerprint density at radius 2 is 1.83 bits per heavy atom. The van der Waals surface area contributed by atoms with Gasteiger partial charge < -0.3 is 9.84 Å². The SMILES string of the molecule is CCCCC(C)[B][B]C(C)(C)OCCC(C)(C)O. The maximum Gasteiger partial charge on any atom is 0.109 e. The molecule has 1 N–H and O–H groups in total. The van der Waals surface area contributed by atoms with Crippen LogP contribution >= 0.6 is 0 Å². The number of hydrogen-bond acceptors (Lipinski definition) is 2. The second-order valence-corrected chi connectivity index (χ2v) is 6.49. The van der Waals surface area contributed by atoms with Crippen LogP contribution in [0.15, 0.2) is 0 Å². The summed E-state index contributed by atoms with van der Waals surface area (Å²) in [7, 11) is 4.40. The van der Waals surface area contributed by atoms with Gasteiger partial charge in [-0.2, -0.15) is 0 Å². The molecule has 1 atom stereocenters. The van der Waals surface area contributed by atoms with Gasteiger partial charge in [0.2, 0.25) is 0 Å². The lowest BCUT2D eigenvalue weighted by molar-refractivity contribution is -0.00669. The van der Waals surface area contributed by atoms with Crippen molar-refractivity contribution >= 4 is 14.3 Å². The summed E-state index contributed by atoms with van der Waals surface area (Å²) < 4.78 is 5.81. The monoisotopic (exact) mass is 252 g/mol. The lowest BCUT2D eigenvalue weighted by Gasteiger charge is -2.28. The summed E-state index contributed by atoms with van der Waals surface area (Å²) in [6.07, 6.45) is 4.44. The summed E-state index contributed by atoms with van der Waals surface area (Å²) in [5.74, 6) is 0.613. The number of aliphatic hydroxyl groups is 1. The van der Waals surface area contributed by atoms with Crippen molar-refractivity contribution in [3.63, 3.8) is 0 Å². The summed E-state index contributed by atoms with van der Waals surface area (Å²) in [4.78, 5) is 0. The Morgan fingerprint density at radius 1 is 1.22 bits per heavy atom. The van der Waals surface area contributed by atoms with E-state index in [2.05, 4.69) is 42.0 Å². The number of ether oxygens (including phenoxy) is 1. The maximum atomic E-state index is 9.63. The fraction of sp³-hybridized carbons (Fsp3) is 1.00. The van der Waals surface area contributed by atoms with E-state index in [9.17, 15) is 5.11 Å². The summed E-state index contributed by atoms with van der Waals surface area (Å²) in [6, 6.07) is 0. The normalized spacial score (nSPS) is 14.4. The quantitative estimate of drug-likeness (QED) is 0.605. The molecule has 1 unspecified atom stereocenters. The van der Waals surface area contributed by atoms with Crippen molar-refractivity contribution in [2.45, 2.75) is 84.1 Å². The smallest absolute Gasteiger partial charge is 0.109 e. The van der Waals surface area contributed by atoms with Gasteiger partial charge in [0.1, 0.15) is 7.17 Å². The van der Waals surface area contributed by atoms with Crippen molar-refractivity contribution in [3.8, 4) is 0 Å². The van der Waals surface area contributed by atoms with Crippen LogP contribution in [-0.4, -0.2) is 37.2 Å². The molecule has 4 heteroatoms. The predicted molar refractivity (Wildman–Crippen MR) is 81.4 cm³/mol.